The van der Waals surface area contributed by atoms with Crippen LogP contribution >= 0.6 is 0 Å². The average molecular weight is 442 g/mol. The third-order valence-corrected chi connectivity index (χ3v) is 6.35. The molecule has 0 N–H and O–H groups in total. The summed E-state index contributed by atoms with van der Waals surface area (Å²) in [6, 6.07) is 23.5. The van der Waals surface area contributed by atoms with Crippen LogP contribution in [0.25, 0.3) is 0 Å². The van der Waals surface area contributed by atoms with Gasteiger partial charge in [0.2, 0.25) is 0 Å². The number of amides is 2. The Balaban J connectivity index is 1.28. The summed E-state index contributed by atoms with van der Waals surface area (Å²) in [4.78, 5) is 31.7. The van der Waals surface area contributed by atoms with Crippen LogP contribution in [0.3, 0.4) is 0 Å². The number of anilines is 2. The maximum atomic E-state index is 13.2. The smallest absolute Gasteiger partial charge is 0.265 e. The Kier molecular flexibility index (Phi) is 5.73. The summed E-state index contributed by atoms with van der Waals surface area (Å²) in [6.45, 7) is 5.56. The van der Waals surface area contributed by atoms with Crippen LogP contribution in [-0.4, -0.2) is 49.5 Å². The monoisotopic (exact) mass is 441 g/mol. The van der Waals surface area contributed by atoms with E-state index in [9.17, 15) is 9.59 Å². The SMILES string of the molecule is Cc1ccccc1N1CCN(C(=O)c2cccc(CN3C(=O)COc4ccccc43)c2)CC1. The fourth-order valence-corrected chi connectivity index (χ4v) is 4.56. The first-order valence-corrected chi connectivity index (χ1v) is 11.3. The largest absolute Gasteiger partial charge is 0.482 e. The highest BCUT2D eigenvalue weighted by atomic mass is 16.5. The molecule has 6 nitrogen and oxygen atoms in total. The molecule has 2 heterocycles. The molecule has 2 aliphatic rings. The Bertz CT molecular complexity index is 1180. The molecule has 0 aliphatic carbocycles. The number of ether oxygens (including phenoxy) is 1. The van der Waals surface area contributed by atoms with Crippen LogP contribution in [0.2, 0.25) is 0 Å². The third-order valence-electron chi connectivity index (χ3n) is 6.35. The predicted molar refractivity (Wildman–Crippen MR) is 129 cm³/mol. The number of aryl methyl sites for hydroxylation is 1. The number of para-hydroxylation sites is 3. The topological polar surface area (TPSA) is 53.1 Å². The van der Waals surface area contributed by atoms with E-state index in [-0.39, 0.29) is 18.4 Å². The van der Waals surface area contributed by atoms with Crippen molar-refractivity contribution >= 4 is 23.2 Å². The molecule has 3 aromatic rings. The first kappa shape index (κ1) is 21.1. The van der Waals surface area contributed by atoms with E-state index in [1.54, 1.807) is 4.90 Å². The van der Waals surface area contributed by atoms with Gasteiger partial charge in [-0.1, -0.05) is 42.5 Å². The van der Waals surface area contributed by atoms with Gasteiger partial charge in [-0.05, 0) is 48.4 Å². The molecule has 0 saturated carbocycles. The first-order valence-electron chi connectivity index (χ1n) is 11.3. The van der Waals surface area contributed by atoms with Crippen molar-refractivity contribution in [2.24, 2.45) is 0 Å². The zero-order chi connectivity index (χ0) is 22.8. The normalized spacial score (nSPS) is 15.8. The molecular formula is C27H27N3O3. The maximum Gasteiger partial charge on any atom is 0.265 e. The lowest BCUT2D eigenvalue weighted by Crippen LogP contribution is -2.49. The van der Waals surface area contributed by atoms with E-state index in [1.165, 1.54) is 11.3 Å². The number of nitrogens with zero attached hydrogens (tertiary/aromatic N) is 3. The van der Waals surface area contributed by atoms with Crippen molar-refractivity contribution in [3.63, 3.8) is 0 Å². The Morgan fingerprint density at radius 1 is 0.879 bits per heavy atom. The zero-order valence-electron chi connectivity index (χ0n) is 18.7. The van der Waals surface area contributed by atoms with Crippen LogP contribution in [0.15, 0.2) is 72.8 Å². The van der Waals surface area contributed by atoms with Gasteiger partial charge in [-0.15, -0.1) is 0 Å². The van der Waals surface area contributed by atoms with Crippen LogP contribution in [-0.2, 0) is 11.3 Å². The molecule has 0 radical (unpaired) electrons. The van der Waals surface area contributed by atoms with E-state index in [2.05, 4.69) is 36.1 Å². The minimum Gasteiger partial charge on any atom is -0.482 e. The van der Waals surface area contributed by atoms with Crippen LogP contribution in [0.4, 0.5) is 11.4 Å². The summed E-state index contributed by atoms with van der Waals surface area (Å²) in [5.74, 6) is 0.656. The van der Waals surface area contributed by atoms with Crippen LogP contribution in [0.1, 0.15) is 21.5 Å². The second kappa shape index (κ2) is 8.98. The van der Waals surface area contributed by atoms with Crippen molar-refractivity contribution in [1.29, 1.82) is 0 Å². The number of piperazine rings is 1. The first-order chi connectivity index (χ1) is 16.1. The fraction of sp³-hybridized carbons (Fsp3) is 0.259. The molecule has 0 aromatic heterocycles. The van der Waals surface area contributed by atoms with Crippen molar-refractivity contribution in [3.05, 3.63) is 89.5 Å². The Hall–Kier alpha value is -3.80. The minimum absolute atomic E-state index is 0.0286. The van der Waals surface area contributed by atoms with Crippen LogP contribution < -0.4 is 14.5 Å². The van der Waals surface area contributed by atoms with E-state index in [4.69, 9.17) is 4.74 Å². The van der Waals surface area contributed by atoms with Crippen molar-refractivity contribution in [2.75, 3.05) is 42.6 Å². The number of rotatable bonds is 4. The van der Waals surface area contributed by atoms with Gasteiger partial charge < -0.3 is 19.4 Å². The lowest BCUT2D eigenvalue weighted by molar-refractivity contribution is -0.121. The summed E-state index contributed by atoms with van der Waals surface area (Å²) in [5, 5.41) is 0. The van der Waals surface area contributed by atoms with E-state index >= 15 is 0 Å². The molecule has 6 heteroatoms. The number of hydrogen-bond acceptors (Lipinski definition) is 4. The van der Waals surface area contributed by atoms with Gasteiger partial charge in [0.1, 0.15) is 5.75 Å². The molecule has 1 fully saturated rings. The van der Waals surface area contributed by atoms with Gasteiger partial charge >= 0.3 is 0 Å². The molecule has 0 atom stereocenters. The number of carbonyl (C=O) groups is 2. The number of benzene rings is 3. The Morgan fingerprint density at radius 2 is 1.61 bits per heavy atom. The van der Waals surface area contributed by atoms with Crippen molar-refractivity contribution in [3.8, 4) is 5.75 Å². The highest BCUT2D eigenvalue weighted by Crippen LogP contribution is 2.32. The molecular weight excluding hydrogens is 414 g/mol. The van der Waals surface area contributed by atoms with Crippen molar-refractivity contribution < 1.29 is 14.3 Å². The van der Waals surface area contributed by atoms with Crippen LogP contribution in [0, 0.1) is 6.92 Å². The summed E-state index contributed by atoms with van der Waals surface area (Å²) >= 11 is 0. The lowest BCUT2D eigenvalue weighted by Gasteiger charge is -2.37. The molecule has 2 amide bonds. The molecule has 2 aliphatic heterocycles. The molecule has 5 rings (SSSR count). The number of carbonyl (C=O) groups excluding carboxylic acids is 2. The molecule has 168 valence electrons. The van der Waals surface area contributed by atoms with Gasteiger partial charge in [0.15, 0.2) is 6.61 Å². The molecule has 33 heavy (non-hydrogen) atoms. The molecule has 0 spiro atoms. The van der Waals surface area contributed by atoms with E-state index in [0.717, 1.165) is 24.3 Å². The lowest BCUT2D eigenvalue weighted by atomic mass is 10.1. The summed E-state index contributed by atoms with van der Waals surface area (Å²) in [7, 11) is 0. The van der Waals surface area contributed by atoms with Gasteiger partial charge in [0, 0.05) is 37.4 Å². The third kappa shape index (κ3) is 4.29. The van der Waals surface area contributed by atoms with Gasteiger partial charge in [-0.3, -0.25) is 9.59 Å². The fourth-order valence-electron chi connectivity index (χ4n) is 4.56. The summed E-state index contributed by atoms with van der Waals surface area (Å²) < 4.78 is 5.54. The van der Waals surface area contributed by atoms with Gasteiger partial charge in [-0.25, -0.2) is 0 Å². The standard InChI is InChI=1S/C27H27N3O3/c1-20-7-2-3-10-23(20)28-13-15-29(16-14-28)27(32)22-9-6-8-21(17-22)18-30-24-11-4-5-12-25(24)33-19-26(30)31/h2-12,17H,13-16,18-19H2,1H3. The number of fused-ring (bicyclic) bond motifs is 1. The second-order valence-corrected chi connectivity index (χ2v) is 8.50. The van der Waals surface area contributed by atoms with E-state index < -0.39 is 0 Å². The van der Waals surface area contributed by atoms with Gasteiger partial charge in [-0.2, -0.15) is 0 Å². The van der Waals surface area contributed by atoms with Crippen molar-refractivity contribution in [1.82, 2.24) is 4.90 Å². The molecule has 0 unspecified atom stereocenters. The van der Waals surface area contributed by atoms with Crippen LogP contribution in [0.5, 0.6) is 5.75 Å². The Labute approximate surface area is 194 Å². The second-order valence-electron chi connectivity index (χ2n) is 8.50. The van der Waals surface area contributed by atoms with Gasteiger partial charge in [0.25, 0.3) is 11.8 Å². The number of hydrogen-bond donors (Lipinski definition) is 0. The van der Waals surface area contributed by atoms with Gasteiger partial charge in [0.05, 0.1) is 12.2 Å². The summed E-state index contributed by atoms with van der Waals surface area (Å²) in [6.07, 6.45) is 0. The highest BCUT2D eigenvalue weighted by molar-refractivity contribution is 5.98. The zero-order valence-corrected chi connectivity index (χ0v) is 18.7. The minimum atomic E-state index is -0.0854. The quantitative estimate of drug-likeness (QED) is 0.617. The highest BCUT2D eigenvalue weighted by Gasteiger charge is 2.26. The molecule has 0 bridgehead atoms. The maximum absolute atomic E-state index is 13.2. The van der Waals surface area contributed by atoms with Crippen molar-refractivity contribution in [2.45, 2.75) is 13.5 Å². The molecule has 1 saturated heterocycles. The molecule has 3 aromatic carbocycles. The Morgan fingerprint density at radius 3 is 2.39 bits per heavy atom. The van der Waals surface area contributed by atoms with E-state index in [0.29, 0.717) is 30.9 Å². The summed E-state index contributed by atoms with van der Waals surface area (Å²) in [5.41, 5.74) is 4.83. The van der Waals surface area contributed by atoms with E-state index in [1.807, 2.05) is 53.4 Å². The average Bonchev–Trinajstić information content (AvgIpc) is 2.86. The predicted octanol–water partition coefficient (Wildman–Crippen LogP) is 3.88.